The Bertz CT molecular complexity index is 702. The van der Waals surface area contributed by atoms with Gasteiger partial charge in [-0.3, -0.25) is 0 Å². The van der Waals surface area contributed by atoms with Crippen LogP contribution < -0.4 is 9.47 Å². The smallest absolute Gasteiger partial charge is 0.161 e. The molecule has 1 aliphatic heterocycles. The molecule has 0 bridgehead atoms. The van der Waals surface area contributed by atoms with E-state index in [9.17, 15) is 0 Å². The second kappa shape index (κ2) is 4.50. The van der Waals surface area contributed by atoms with Crippen LogP contribution in [-0.4, -0.2) is 20.8 Å². The zero-order valence-electron chi connectivity index (χ0n) is 12.3. The van der Waals surface area contributed by atoms with E-state index < -0.39 is 0 Å². The van der Waals surface area contributed by atoms with Crippen LogP contribution in [0.5, 0.6) is 11.5 Å². The van der Waals surface area contributed by atoms with Crippen molar-refractivity contribution in [2.45, 2.75) is 18.4 Å². The SMILES string of the molecule is COc1cc2c(cc1OC)C1(CO1)c1ccccc1CC2. The normalized spacial score (nSPS) is 22.2. The van der Waals surface area contributed by atoms with E-state index in [0.717, 1.165) is 30.9 Å². The predicted octanol–water partition coefficient (Wildman–Crippen LogP) is 3.08. The Balaban J connectivity index is 1.94. The summed E-state index contributed by atoms with van der Waals surface area (Å²) < 4.78 is 16.9. The quantitative estimate of drug-likeness (QED) is 0.793. The van der Waals surface area contributed by atoms with Crippen LogP contribution >= 0.6 is 0 Å². The molecule has 4 rings (SSSR count). The minimum absolute atomic E-state index is 0.276. The lowest BCUT2D eigenvalue weighted by Crippen LogP contribution is -2.13. The number of hydrogen-bond acceptors (Lipinski definition) is 3. The number of ether oxygens (including phenoxy) is 3. The lowest BCUT2D eigenvalue weighted by molar-refractivity contribution is 0.339. The Morgan fingerprint density at radius 2 is 1.57 bits per heavy atom. The molecule has 2 aliphatic rings. The van der Waals surface area contributed by atoms with Crippen LogP contribution in [-0.2, 0) is 23.2 Å². The van der Waals surface area contributed by atoms with Gasteiger partial charge in [-0.2, -0.15) is 0 Å². The highest BCUT2D eigenvalue weighted by molar-refractivity contribution is 5.56. The second-order valence-electron chi connectivity index (χ2n) is 5.64. The average Bonchev–Trinajstić information content (AvgIpc) is 3.34. The van der Waals surface area contributed by atoms with Crippen LogP contribution in [0.1, 0.15) is 22.3 Å². The molecule has 1 aliphatic carbocycles. The zero-order chi connectivity index (χ0) is 14.4. The number of benzene rings is 2. The van der Waals surface area contributed by atoms with Crippen molar-refractivity contribution < 1.29 is 14.2 Å². The Morgan fingerprint density at radius 3 is 2.29 bits per heavy atom. The van der Waals surface area contributed by atoms with E-state index in [1.807, 2.05) is 0 Å². The first kappa shape index (κ1) is 12.7. The van der Waals surface area contributed by atoms with Gasteiger partial charge in [0.1, 0.15) is 5.60 Å². The van der Waals surface area contributed by atoms with E-state index in [1.165, 1.54) is 22.3 Å². The first-order valence-electron chi connectivity index (χ1n) is 7.26. The third-order valence-electron chi connectivity index (χ3n) is 4.59. The van der Waals surface area contributed by atoms with Crippen LogP contribution in [0.15, 0.2) is 36.4 Å². The Morgan fingerprint density at radius 1 is 0.905 bits per heavy atom. The summed E-state index contributed by atoms with van der Waals surface area (Å²) in [7, 11) is 3.36. The van der Waals surface area contributed by atoms with Gasteiger partial charge in [0.15, 0.2) is 11.5 Å². The predicted molar refractivity (Wildman–Crippen MR) is 80.1 cm³/mol. The van der Waals surface area contributed by atoms with Gasteiger partial charge in [-0.05, 0) is 47.2 Å². The zero-order valence-corrected chi connectivity index (χ0v) is 12.3. The molecule has 21 heavy (non-hydrogen) atoms. The van der Waals surface area contributed by atoms with Gasteiger partial charge in [0, 0.05) is 0 Å². The molecule has 3 nitrogen and oxygen atoms in total. The van der Waals surface area contributed by atoms with Crippen LogP contribution in [0.4, 0.5) is 0 Å². The molecule has 2 aromatic rings. The van der Waals surface area contributed by atoms with Crippen molar-refractivity contribution in [2.75, 3.05) is 20.8 Å². The molecule has 108 valence electrons. The van der Waals surface area contributed by atoms with E-state index in [1.54, 1.807) is 14.2 Å². The third-order valence-corrected chi connectivity index (χ3v) is 4.59. The van der Waals surface area contributed by atoms with Gasteiger partial charge >= 0.3 is 0 Å². The lowest BCUT2D eigenvalue weighted by Gasteiger charge is -2.18. The number of rotatable bonds is 2. The molecule has 1 unspecified atom stereocenters. The fraction of sp³-hybridized carbons (Fsp3) is 0.333. The van der Waals surface area contributed by atoms with Crippen LogP contribution in [0.3, 0.4) is 0 Å². The Labute approximate surface area is 124 Å². The number of methoxy groups -OCH3 is 2. The summed E-state index contributed by atoms with van der Waals surface area (Å²) in [6.07, 6.45) is 2.03. The number of hydrogen-bond donors (Lipinski definition) is 0. The molecule has 2 aromatic carbocycles. The van der Waals surface area contributed by atoms with Gasteiger partial charge in [0.2, 0.25) is 0 Å². The van der Waals surface area contributed by atoms with Gasteiger partial charge in [0.05, 0.1) is 20.8 Å². The molecule has 1 fully saturated rings. The number of fused-ring (bicyclic) bond motifs is 4. The minimum atomic E-state index is -0.276. The Kier molecular flexibility index (Phi) is 2.73. The van der Waals surface area contributed by atoms with Crippen molar-refractivity contribution in [1.29, 1.82) is 0 Å². The molecular formula is C18H18O3. The van der Waals surface area contributed by atoms with Gasteiger partial charge in [-0.1, -0.05) is 24.3 Å². The molecule has 0 amide bonds. The first-order valence-corrected chi connectivity index (χ1v) is 7.26. The second-order valence-corrected chi connectivity index (χ2v) is 5.64. The highest BCUT2D eigenvalue weighted by Crippen LogP contribution is 2.51. The minimum Gasteiger partial charge on any atom is -0.493 e. The maximum absolute atomic E-state index is 5.95. The summed E-state index contributed by atoms with van der Waals surface area (Å²) in [5.41, 5.74) is 4.92. The average molecular weight is 282 g/mol. The lowest BCUT2D eigenvalue weighted by atomic mass is 9.88. The molecule has 0 radical (unpaired) electrons. The van der Waals surface area contributed by atoms with E-state index in [0.29, 0.717) is 0 Å². The fourth-order valence-electron chi connectivity index (χ4n) is 3.43. The van der Waals surface area contributed by atoms with E-state index in [2.05, 4.69) is 36.4 Å². The summed E-state index contributed by atoms with van der Waals surface area (Å²) in [5, 5.41) is 0. The molecule has 1 spiro atoms. The molecular weight excluding hydrogens is 264 g/mol. The molecule has 1 atom stereocenters. The summed E-state index contributed by atoms with van der Waals surface area (Å²) >= 11 is 0. The van der Waals surface area contributed by atoms with Crippen molar-refractivity contribution in [3.05, 3.63) is 58.7 Å². The highest BCUT2D eigenvalue weighted by atomic mass is 16.6. The summed E-state index contributed by atoms with van der Waals surface area (Å²) in [6, 6.07) is 12.8. The van der Waals surface area contributed by atoms with Crippen LogP contribution in [0.2, 0.25) is 0 Å². The fourth-order valence-corrected chi connectivity index (χ4v) is 3.43. The highest BCUT2D eigenvalue weighted by Gasteiger charge is 2.51. The molecule has 1 saturated heterocycles. The number of aryl methyl sites for hydroxylation is 2. The maximum atomic E-state index is 5.95. The van der Waals surface area contributed by atoms with E-state index >= 15 is 0 Å². The summed E-state index contributed by atoms with van der Waals surface area (Å²) in [6.45, 7) is 0.743. The van der Waals surface area contributed by atoms with Gasteiger partial charge in [-0.25, -0.2) is 0 Å². The molecule has 0 N–H and O–H groups in total. The largest absolute Gasteiger partial charge is 0.493 e. The van der Waals surface area contributed by atoms with Gasteiger partial charge < -0.3 is 14.2 Å². The monoisotopic (exact) mass is 282 g/mol. The molecule has 0 aromatic heterocycles. The van der Waals surface area contributed by atoms with Crippen molar-refractivity contribution in [2.24, 2.45) is 0 Å². The topological polar surface area (TPSA) is 31.0 Å². The summed E-state index contributed by atoms with van der Waals surface area (Å²) in [5.74, 6) is 1.56. The van der Waals surface area contributed by atoms with Gasteiger partial charge in [-0.15, -0.1) is 0 Å². The Hall–Kier alpha value is -2.00. The van der Waals surface area contributed by atoms with Crippen molar-refractivity contribution in [1.82, 2.24) is 0 Å². The van der Waals surface area contributed by atoms with Crippen molar-refractivity contribution >= 4 is 0 Å². The first-order chi connectivity index (χ1) is 10.3. The van der Waals surface area contributed by atoms with E-state index in [4.69, 9.17) is 14.2 Å². The molecule has 1 heterocycles. The molecule has 0 saturated carbocycles. The standard InChI is InChI=1S/C18H18O3/c1-19-16-9-13-8-7-12-5-3-4-6-14(12)18(11-21-18)15(13)10-17(16)20-2/h3-6,9-10H,7-8,11H2,1-2H3. The van der Waals surface area contributed by atoms with E-state index in [-0.39, 0.29) is 5.60 Å². The maximum Gasteiger partial charge on any atom is 0.161 e. The van der Waals surface area contributed by atoms with Crippen molar-refractivity contribution in [3.8, 4) is 11.5 Å². The van der Waals surface area contributed by atoms with Gasteiger partial charge in [0.25, 0.3) is 0 Å². The third kappa shape index (κ3) is 1.77. The van der Waals surface area contributed by atoms with Crippen LogP contribution in [0, 0.1) is 0 Å². The van der Waals surface area contributed by atoms with Crippen molar-refractivity contribution in [3.63, 3.8) is 0 Å². The van der Waals surface area contributed by atoms with Crippen LogP contribution in [0.25, 0.3) is 0 Å². The number of epoxide rings is 1. The summed E-state index contributed by atoms with van der Waals surface area (Å²) in [4.78, 5) is 0. The molecule has 3 heteroatoms.